The summed E-state index contributed by atoms with van der Waals surface area (Å²) in [5.41, 5.74) is -1.22. The lowest BCUT2D eigenvalue weighted by atomic mass is 10.1. The molecule has 1 aromatic carbocycles. The molecule has 1 heterocycles. The van der Waals surface area contributed by atoms with Crippen LogP contribution in [0.5, 0.6) is 0 Å². The summed E-state index contributed by atoms with van der Waals surface area (Å²) in [4.78, 5) is 11.9. The molecule has 0 bridgehead atoms. The molecule has 2 rings (SSSR count). The van der Waals surface area contributed by atoms with Gasteiger partial charge in [0.05, 0.1) is 5.56 Å². The van der Waals surface area contributed by atoms with Crippen molar-refractivity contribution in [3.63, 3.8) is 0 Å². The highest BCUT2D eigenvalue weighted by atomic mass is 32.2. The minimum Gasteiger partial charge on any atom is -0.343 e. The van der Waals surface area contributed by atoms with E-state index in [1.165, 1.54) is 11.8 Å². The number of piperidine rings is 1. The van der Waals surface area contributed by atoms with Gasteiger partial charge in [-0.2, -0.15) is 17.5 Å². The van der Waals surface area contributed by atoms with E-state index >= 15 is 0 Å². The molecule has 1 aromatic rings. The molecular formula is C15H18F4N2O3S. The summed E-state index contributed by atoms with van der Waals surface area (Å²) < 4.78 is 78.3. The van der Waals surface area contributed by atoms with Gasteiger partial charge in [-0.1, -0.05) is 0 Å². The zero-order valence-electron chi connectivity index (χ0n) is 13.7. The maximum Gasteiger partial charge on any atom is 0.416 e. The molecule has 140 valence electrons. The van der Waals surface area contributed by atoms with E-state index in [1.54, 1.807) is 7.05 Å². The first-order valence-electron chi connectivity index (χ1n) is 7.55. The summed E-state index contributed by atoms with van der Waals surface area (Å²) in [6.07, 6.45) is -4.11. The van der Waals surface area contributed by atoms with Crippen LogP contribution in [0.3, 0.4) is 0 Å². The van der Waals surface area contributed by atoms with E-state index in [4.69, 9.17) is 0 Å². The number of benzene rings is 1. The van der Waals surface area contributed by atoms with Crippen molar-refractivity contribution in [2.24, 2.45) is 0 Å². The summed E-state index contributed by atoms with van der Waals surface area (Å²) in [6.45, 7) is 1.39. The summed E-state index contributed by atoms with van der Waals surface area (Å²) >= 11 is 0. The molecule has 0 aromatic heterocycles. The fourth-order valence-electron chi connectivity index (χ4n) is 2.74. The van der Waals surface area contributed by atoms with E-state index in [1.807, 2.05) is 0 Å². The largest absolute Gasteiger partial charge is 0.416 e. The fraction of sp³-hybridized carbons (Fsp3) is 0.533. The van der Waals surface area contributed by atoms with Gasteiger partial charge in [0.2, 0.25) is 15.9 Å². The van der Waals surface area contributed by atoms with Gasteiger partial charge in [0.15, 0.2) is 0 Å². The number of hydrogen-bond acceptors (Lipinski definition) is 3. The topological polar surface area (TPSA) is 57.7 Å². The second-order valence-corrected chi connectivity index (χ2v) is 7.81. The van der Waals surface area contributed by atoms with E-state index in [2.05, 4.69) is 0 Å². The van der Waals surface area contributed by atoms with Crippen LogP contribution in [0.2, 0.25) is 0 Å². The van der Waals surface area contributed by atoms with E-state index < -0.39 is 32.5 Å². The number of rotatable bonds is 3. The molecular weight excluding hydrogens is 364 g/mol. The molecule has 0 radical (unpaired) electrons. The summed E-state index contributed by atoms with van der Waals surface area (Å²) in [5, 5.41) is 0. The van der Waals surface area contributed by atoms with Crippen LogP contribution in [-0.2, 0) is 21.0 Å². The smallest absolute Gasteiger partial charge is 0.343 e. The van der Waals surface area contributed by atoms with Gasteiger partial charge in [-0.15, -0.1) is 0 Å². The fourth-order valence-corrected chi connectivity index (χ4v) is 4.30. The normalized spacial score (nSPS) is 17.5. The second kappa shape index (κ2) is 6.91. The molecule has 0 aliphatic carbocycles. The van der Waals surface area contributed by atoms with Crippen molar-refractivity contribution in [1.82, 2.24) is 9.21 Å². The monoisotopic (exact) mass is 382 g/mol. The molecule has 1 saturated heterocycles. The Morgan fingerprint density at radius 2 is 1.80 bits per heavy atom. The first-order chi connectivity index (χ1) is 11.4. The lowest BCUT2D eigenvalue weighted by molar-refractivity contribution is -0.137. The lowest BCUT2D eigenvalue weighted by Gasteiger charge is -2.35. The molecule has 5 nitrogen and oxygen atoms in total. The predicted octanol–water partition coefficient (Wildman–Crippen LogP) is 2.48. The molecule has 1 amide bonds. The third kappa shape index (κ3) is 4.12. The summed E-state index contributed by atoms with van der Waals surface area (Å²) in [6, 6.07) is 1.17. The number of carbonyl (C=O) groups is 1. The number of alkyl halides is 3. The van der Waals surface area contributed by atoms with Gasteiger partial charge in [0.25, 0.3) is 0 Å². The first-order valence-corrected chi connectivity index (χ1v) is 8.99. The number of sulfonamides is 1. The molecule has 0 unspecified atom stereocenters. The molecule has 1 aliphatic rings. The summed E-state index contributed by atoms with van der Waals surface area (Å²) in [7, 11) is -2.79. The maximum atomic E-state index is 13.9. The highest BCUT2D eigenvalue weighted by Crippen LogP contribution is 2.33. The number of carbonyl (C=O) groups excluding carboxylic acids is 1. The van der Waals surface area contributed by atoms with Crippen molar-refractivity contribution < 1.29 is 30.8 Å². The van der Waals surface area contributed by atoms with Gasteiger partial charge in [0, 0.05) is 33.1 Å². The van der Waals surface area contributed by atoms with Crippen LogP contribution in [0.1, 0.15) is 25.3 Å². The van der Waals surface area contributed by atoms with Crippen LogP contribution in [0, 0.1) is 5.82 Å². The third-order valence-electron chi connectivity index (χ3n) is 4.34. The quantitative estimate of drug-likeness (QED) is 0.755. The Bertz CT molecular complexity index is 757. The Morgan fingerprint density at radius 3 is 2.28 bits per heavy atom. The van der Waals surface area contributed by atoms with Crippen molar-refractivity contribution in [2.45, 2.75) is 36.9 Å². The van der Waals surface area contributed by atoms with E-state index in [0.29, 0.717) is 31.0 Å². The van der Waals surface area contributed by atoms with Crippen molar-refractivity contribution in [3.05, 3.63) is 29.6 Å². The average Bonchev–Trinajstić information content (AvgIpc) is 2.53. The minimum absolute atomic E-state index is 0.000303. The molecule has 0 N–H and O–H groups in total. The minimum atomic E-state index is -4.77. The predicted molar refractivity (Wildman–Crippen MR) is 81.6 cm³/mol. The zero-order chi connectivity index (χ0) is 19.0. The molecule has 10 heteroatoms. The molecule has 0 spiro atoms. The van der Waals surface area contributed by atoms with Gasteiger partial charge >= 0.3 is 6.18 Å². The van der Waals surface area contributed by atoms with Crippen LogP contribution in [-0.4, -0.2) is 49.7 Å². The first kappa shape index (κ1) is 19.6. The second-order valence-electron chi connectivity index (χ2n) is 5.91. The van der Waals surface area contributed by atoms with E-state index in [9.17, 15) is 30.8 Å². The van der Waals surface area contributed by atoms with Crippen LogP contribution < -0.4 is 0 Å². The van der Waals surface area contributed by atoms with Crippen LogP contribution >= 0.6 is 0 Å². The Hall–Kier alpha value is -1.68. The SMILES string of the molecule is CC(=O)N(C)C1CCN(S(=O)(=O)c2cc(C(F)(F)F)ccc2F)CC1. The summed E-state index contributed by atoms with van der Waals surface area (Å²) in [5.74, 6) is -1.39. The molecule has 1 fully saturated rings. The maximum absolute atomic E-state index is 13.9. The number of halogens is 4. The van der Waals surface area contributed by atoms with Crippen molar-refractivity contribution in [2.75, 3.05) is 20.1 Å². The van der Waals surface area contributed by atoms with Gasteiger partial charge in [-0.3, -0.25) is 4.79 Å². The molecule has 25 heavy (non-hydrogen) atoms. The van der Waals surface area contributed by atoms with Crippen LogP contribution in [0.25, 0.3) is 0 Å². The standard InChI is InChI=1S/C15H18F4N2O3S/c1-10(22)20(2)12-5-7-21(8-6-12)25(23,24)14-9-11(15(17,18)19)3-4-13(14)16/h3-4,9,12H,5-8H2,1-2H3. The number of hydrogen-bond donors (Lipinski definition) is 0. The Balaban J connectivity index is 2.25. The average molecular weight is 382 g/mol. The molecule has 0 saturated carbocycles. The van der Waals surface area contributed by atoms with Gasteiger partial charge in [0.1, 0.15) is 10.7 Å². The molecule has 0 atom stereocenters. The Labute approximate surface area is 143 Å². The van der Waals surface area contributed by atoms with Crippen LogP contribution in [0.4, 0.5) is 17.6 Å². The Kier molecular flexibility index (Phi) is 5.43. The third-order valence-corrected chi connectivity index (χ3v) is 6.26. The van der Waals surface area contributed by atoms with Gasteiger partial charge < -0.3 is 4.90 Å². The molecule has 1 aliphatic heterocycles. The van der Waals surface area contributed by atoms with Crippen molar-refractivity contribution in [1.29, 1.82) is 0 Å². The van der Waals surface area contributed by atoms with Crippen molar-refractivity contribution in [3.8, 4) is 0 Å². The zero-order valence-corrected chi connectivity index (χ0v) is 14.5. The van der Waals surface area contributed by atoms with Crippen LogP contribution in [0.15, 0.2) is 23.1 Å². The van der Waals surface area contributed by atoms with Gasteiger partial charge in [-0.05, 0) is 31.0 Å². The number of nitrogens with zero attached hydrogens (tertiary/aromatic N) is 2. The van der Waals surface area contributed by atoms with Gasteiger partial charge in [-0.25, -0.2) is 12.8 Å². The highest BCUT2D eigenvalue weighted by molar-refractivity contribution is 7.89. The lowest BCUT2D eigenvalue weighted by Crippen LogP contribution is -2.46. The number of amides is 1. The van der Waals surface area contributed by atoms with E-state index in [-0.39, 0.29) is 25.0 Å². The highest BCUT2D eigenvalue weighted by Gasteiger charge is 2.36. The van der Waals surface area contributed by atoms with E-state index in [0.717, 1.165) is 4.31 Å². The van der Waals surface area contributed by atoms with Crippen molar-refractivity contribution >= 4 is 15.9 Å². The Morgan fingerprint density at radius 1 is 1.24 bits per heavy atom.